The van der Waals surface area contributed by atoms with Crippen molar-refractivity contribution < 1.29 is 18.3 Å². The van der Waals surface area contributed by atoms with Crippen molar-refractivity contribution in [3.05, 3.63) is 69.9 Å². The first-order chi connectivity index (χ1) is 9.97. The zero-order valence-electron chi connectivity index (χ0n) is 11.0. The van der Waals surface area contributed by atoms with E-state index in [1.807, 2.05) is 0 Å². The summed E-state index contributed by atoms with van der Waals surface area (Å²) in [4.78, 5) is 0. The van der Waals surface area contributed by atoms with Crippen LogP contribution in [0.1, 0.15) is 23.0 Å². The molecule has 3 aromatic rings. The van der Waals surface area contributed by atoms with E-state index in [9.17, 15) is 13.9 Å². The Kier molecular flexibility index (Phi) is 3.43. The molecule has 21 heavy (non-hydrogen) atoms. The summed E-state index contributed by atoms with van der Waals surface area (Å²) in [5.41, 5.74) is 0.326. The van der Waals surface area contributed by atoms with Gasteiger partial charge in [-0.25, -0.2) is 8.78 Å². The third-order valence-electron chi connectivity index (χ3n) is 3.36. The molecule has 5 heteroatoms. The average Bonchev–Trinajstić information content (AvgIpc) is 2.86. The Morgan fingerprint density at radius 1 is 1.14 bits per heavy atom. The number of aliphatic hydroxyl groups is 1. The maximum atomic E-state index is 14.1. The third kappa shape index (κ3) is 2.41. The van der Waals surface area contributed by atoms with Gasteiger partial charge in [0.15, 0.2) is 0 Å². The average molecular weight is 309 g/mol. The lowest BCUT2D eigenvalue weighted by Gasteiger charge is -2.11. The minimum Gasteiger partial charge on any atom is -0.458 e. The molecule has 0 fully saturated rings. The van der Waals surface area contributed by atoms with Crippen LogP contribution >= 0.6 is 11.6 Å². The first kappa shape index (κ1) is 14.0. The second kappa shape index (κ2) is 5.13. The molecular formula is C16H11ClF2O2. The van der Waals surface area contributed by atoms with Gasteiger partial charge in [-0.05, 0) is 42.8 Å². The lowest BCUT2D eigenvalue weighted by molar-refractivity contribution is 0.182. The van der Waals surface area contributed by atoms with Crippen LogP contribution in [0, 0.1) is 18.6 Å². The molecular weight excluding hydrogens is 298 g/mol. The van der Waals surface area contributed by atoms with Gasteiger partial charge in [0.05, 0.1) is 5.56 Å². The van der Waals surface area contributed by atoms with Crippen LogP contribution < -0.4 is 0 Å². The number of fused-ring (bicyclic) bond motifs is 1. The van der Waals surface area contributed by atoms with Crippen LogP contribution in [-0.2, 0) is 0 Å². The van der Waals surface area contributed by atoms with Gasteiger partial charge < -0.3 is 9.52 Å². The van der Waals surface area contributed by atoms with E-state index in [0.29, 0.717) is 16.0 Å². The number of hydrogen-bond donors (Lipinski definition) is 1. The normalized spacial score (nSPS) is 12.8. The molecule has 0 saturated carbocycles. The van der Waals surface area contributed by atoms with Gasteiger partial charge in [0.2, 0.25) is 0 Å². The molecule has 0 spiro atoms. The Morgan fingerprint density at radius 2 is 1.90 bits per heavy atom. The van der Waals surface area contributed by atoms with Crippen molar-refractivity contribution in [2.75, 3.05) is 0 Å². The first-order valence-electron chi connectivity index (χ1n) is 6.29. The zero-order valence-corrected chi connectivity index (χ0v) is 11.8. The van der Waals surface area contributed by atoms with E-state index in [4.69, 9.17) is 16.0 Å². The molecule has 0 aliphatic rings. The van der Waals surface area contributed by atoms with Gasteiger partial charge in [-0.15, -0.1) is 0 Å². The van der Waals surface area contributed by atoms with E-state index < -0.39 is 23.3 Å². The number of benzene rings is 2. The minimum atomic E-state index is -1.52. The molecule has 1 heterocycles. The highest BCUT2D eigenvalue weighted by atomic mass is 35.5. The molecule has 0 aliphatic heterocycles. The van der Waals surface area contributed by atoms with Gasteiger partial charge in [0.25, 0.3) is 0 Å². The highest BCUT2D eigenvalue weighted by Crippen LogP contribution is 2.32. The molecule has 3 rings (SSSR count). The molecule has 108 valence electrons. The number of hydrogen-bond acceptors (Lipinski definition) is 2. The molecule has 0 amide bonds. The van der Waals surface area contributed by atoms with E-state index in [-0.39, 0.29) is 11.3 Å². The van der Waals surface area contributed by atoms with Crippen LogP contribution in [0.5, 0.6) is 0 Å². The smallest absolute Gasteiger partial charge is 0.142 e. The third-order valence-corrected chi connectivity index (χ3v) is 3.60. The number of aliphatic hydroxyl groups excluding tert-OH is 1. The van der Waals surface area contributed by atoms with Crippen LogP contribution in [0.3, 0.4) is 0 Å². The number of rotatable bonds is 2. The molecule has 0 bridgehead atoms. The Balaban J connectivity index is 2.12. The predicted octanol–water partition coefficient (Wildman–Crippen LogP) is 4.75. The lowest BCUT2D eigenvalue weighted by atomic mass is 10.0. The summed E-state index contributed by atoms with van der Waals surface area (Å²) in [7, 11) is 0. The molecule has 2 aromatic carbocycles. The van der Waals surface area contributed by atoms with Crippen molar-refractivity contribution in [1.82, 2.24) is 0 Å². The number of furan rings is 1. The van der Waals surface area contributed by atoms with Crippen molar-refractivity contribution in [3.8, 4) is 0 Å². The van der Waals surface area contributed by atoms with E-state index in [2.05, 4.69) is 0 Å². The Labute approximate surface area is 124 Å². The lowest BCUT2D eigenvalue weighted by Crippen LogP contribution is -2.06. The summed E-state index contributed by atoms with van der Waals surface area (Å²) in [5.74, 6) is -1.53. The van der Waals surface area contributed by atoms with Crippen molar-refractivity contribution in [2.24, 2.45) is 0 Å². The maximum absolute atomic E-state index is 14.1. The van der Waals surface area contributed by atoms with Crippen LogP contribution in [0.25, 0.3) is 11.0 Å². The fourth-order valence-electron chi connectivity index (χ4n) is 2.24. The summed E-state index contributed by atoms with van der Waals surface area (Å²) < 4.78 is 33.3. The van der Waals surface area contributed by atoms with E-state index in [1.54, 1.807) is 18.2 Å². The van der Waals surface area contributed by atoms with Gasteiger partial charge in [-0.1, -0.05) is 17.7 Å². The summed E-state index contributed by atoms with van der Waals surface area (Å²) in [6.45, 7) is 1.50. The second-order valence-corrected chi connectivity index (χ2v) is 5.26. The van der Waals surface area contributed by atoms with Crippen LogP contribution in [0.15, 0.2) is 40.8 Å². The van der Waals surface area contributed by atoms with Gasteiger partial charge in [-0.2, -0.15) is 0 Å². The van der Waals surface area contributed by atoms with Gasteiger partial charge in [-0.3, -0.25) is 0 Å². The first-order valence-corrected chi connectivity index (χ1v) is 6.66. The number of halogens is 3. The highest BCUT2D eigenvalue weighted by molar-refractivity contribution is 6.31. The van der Waals surface area contributed by atoms with Gasteiger partial charge in [0.1, 0.15) is 29.1 Å². The van der Waals surface area contributed by atoms with Crippen LogP contribution in [0.2, 0.25) is 5.02 Å². The highest BCUT2D eigenvalue weighted by Gasteiger charge is 2.24. The molecule has 1 unspecified atom stereocenters. The van der Waals surface area contributed by atoms with E-state index in [0.717, 1.165) is 6.07 Å². The fraction of sp³-hybridized carbons (Fsp3) is 0.125. The minimum absolute atomic E-state index is 0.0654. The Hall–Kier alpha value is -1.91. The number of aryl methyl sites for hydroxylation is 1. The van der Waals surface area contributed by atoms with E-state index >= 15 is 0 Å². The molecule has 1 aromatic heterocycles. The van der Waals surface area contributed by atoms with Crippen molar-refractivity contribution >= 4 is 22.6 Å². The molecule has 1 N–H and O–H groups in total. The van der Waals surface area contributed by atoms with Crippen molar-refractivity contribution in [1.29, 1.82) is 0 Å². The summed E-state index contributed by atoms with van der Waals surface area (Å²) in [6.07, 6.45) is -1.52. The van der Waals surface area contributed by atoms with Crippen LogP contribution in [0.4, 0.5) is 8.78 Å². The molecule has 0 aliphatic carbocycles. The van der Waals surface area contributed by atoms with Crippen LogP contribution in [-0.4, -0.2) is 5.11 Å². The van der Waals surface area contributed by atoms with Crippen molar-refractivity contribution in [3.63, 3.8) is 0 Å². The Bertz CT molecular complexity index is 827. The molecule has 1 atom stereocenters. The van der Waals surface area contributed by atoms with Gasteiger partial charge >= 0.3 is 0 Å². The SMILES string of the molecule is Cc1ccc(F)c(C(O)c2cc3cc(Cl)ccc3o2)c1F. The summed E-state index contributed by atoms with van der Waals surface area (Å²) in [6, 6.07) is 8.89. The monoisotopic (exact) mass is 308 g/mol. The Morgan fingerprint density at radius 3 is 2.67 bits per heavy atom. The van der Waals surface area contributed by atoms with Gasteiger partial charge in [0, 0.05) is 10.4 Å². The van der Waals surface area contributed by atoms with E-state index in [1.165, 1.54) is 19.1 Å². The summed E-state index contributed by atoms with van der Waals surface area (Å²) >= 11 is 5.87. The maximum Gasteiger partial charge on any atom is 0.142 e. The quantitative estimate of drug-likeness (QED) is 0.741. The predicted molar refractivity (Wildman–Crippen MR) is 76.4 cm³/mol. The fourth-order valence-corrected chi connectivity index (χ4v) is 2.42. The standard InChI is InChI=1S/C16H11ClF2O2/c1-8-2-4-11(18)14(15(8)19)16(20)13-7-9-6-10(17)3-5-12(9)21-13/h2-7,16,20H,1H3. The topological polar surface area (TPSA) is 33.4 Å². The van der Waals surface area contributed by atoms with Crippen molar-refractivity contribution in [2.45, 2.75) is 13.0 Å². The summed E-state index contributed by atoms with van der Waals surface area (Å²) in [5, 5.41) is 11.4. The molecule has 2 nitrogen and oxygen atoms in total. The molecule has 0 saturated heterocycles. The largest absolute Gasteiger partial charge is 0.458 e. The molecule has 0 radical (unpaired) electrons. The second-order valence-electron chi connectivity index (χ2n) is 4.83. The zero-order chi connectivity index (χ0) is 15.1.